The lowest BCUT2D eigenvalue weighted by molar-refractivity contribution is 0.0376. The Morgan fingerprint density at radius 3 is 2.83 bits per heavy atom. The van der Waals surface area contributed by atoms with Crippen molar-refractivity contribution in [2.75, 3.05) is 52.5 Å². The highest BCUT2D eigenvalue weighted by molar-refractivity contribution is 7.08. The van der Waals surface area contributed by atoms with Crippen LogP contribution in [0.3, 0.4) is 0 Å². The molecule has 3 heterocycles. The quantitative estimate of drug-likeness (QED) is 0.310. The first-order valence-corrected chi connectivity index (χ1v) is 11.2. The molecule has 0 bridgehead atoms. The molecule has 0 spiro atoms. The molecule has 2 aromatic heterocycles. The van der Waals surface area contributed by atoms with Crippen molar-refractivity contribution in [3.8, 4) is 0 Å². The van der Waals surface area contributed by atoms with E-state index in [2.05, 4.69) is 20.5 Å². The highest BCUT2D eigenvalue weighted by atomic mass is 32.1. The molecule has 29 heavy (non-hydrogen) atoms. The van der Waals surface area contributed by atoms with Crippen LogP contribution in [0.15, 0.2) is 44.6 Å². The Kier molecular flexibility index (Phi) is 8.54. The number of ether oxygens (including phenoxy) is 1. The van der Waals surface area contributed by atoms with Crippen LogP contribution in [0.25, 0.3) is 0 Å². The van der Waals surface area contributed by atoms with Crippen LogP contribution >= 0.6 is 11.3 Å². The zero-order valence-electron chi connectivity index (χ0n) is 17.1. The smallest absolute Gasteiger partial charge is 0.191 e. The minimum atomic E-state index is -0.983. The fourth-order valence-corrected chi connectivity index (χ4v) is 3.95. The van der Waals surface area contributed by atoms with Crippen molar-refractivity contribution < 1.29 is 14.3 Å². The van der Waals surface area contributed by atoms with Gasteiger partial charge < -0.3 is 24.9 Å². The molecule has 160 valence electrons. The first-order chi connectivity index (χ1) is 14.1. The summed E-state index contributed by atoms with van der Waals surface area (Å²) in [5, 5.41) is 21.4. The van der Waals surface area contributed by atoms with E-state index in [9.17, 15) is 5.11 Å². The summed E-state index contributed by atoms with van der Waals surface area (Å²) in [6, 6.07) is 5.81. The molecule has 0 aromatic carbocycles. The molecule has 1 atom stereocenters. The Morgan fingerprint density at radius 2 is 2.10 bits per heavy atom. The topological polar surface area (TPSA) is 82.3 Å². The lowest BCUT2D eigenvalue weighted by atomic mass is 10.00. The average Bonchev–Trinajstić information content (AvgIpc) is 3.44. The molecule has 0 radical (unpaired) electrons. The Morgan fingerprint density at radius 1 is 1.28 bits per heavy atom. The largest absolute Gasteiger partial charge is 0.469 e. The number of aliphatic hydroxyl groups is 1. The van der Waals surface area contributed by atoms with Gasteiger partial charge in [-0.2, -0.15) is 11.3 Å². The van der Waals surface area contributed by atoms with Crippen LogP contribution < -0.4 is 10.6 Å². The van der Waals surface area contributed by atoms with Gasteiger partial charge in [0.15, 0.2) is 5.96 Å². The van der Waals surface area contributed by atoms with E-state index in [1.165, 1.54) is 0 Å². The minimum absolute atomic E-state index is 0.295. The van der Waals surface area contributed by atoms with Crippen LogP contribution in [0.2, 0.25) is 0 Å². The number of thiophene rings is 1. The molecule has 1 aliphatic rings. The molecule has 0 amide bonds. The van der Waals surface area contributed by atoms with Crippen molar-refractivity contribution in [1.82, 2.24) is 15.5 Å². The van der Waals surface area contributed by atoms with Gasteiger partial charge in [-0.1, -0.05) is 0 Å². The van der Waals surface area contributed by atoms with E-state index in [4.69, 9.17) is 9.15 Å². The summed E-state index contributed by atoms with van der Waals surface area (Å²) in [6.07, 6.45) is 3.49. The maximum absolute atomic E-state index is 10.8. The molecule has 0 saturated carbocycles. The van der Waals surface area contributed by atoms with Crippen LogP contribution in [-0.2, 0) is 16.8 Å². The zero-order valence-corrected chi connectivity index (χ0v) is 17.9. The monoisotopic (exact) mass is 420 g/mol. The number of hydrogen-bond donors (Lipinski definition) is 3. The number of nitrogens with zero attached hydrogens (tertiary/aromatic N) is 2. The maximum Gasteiger partial charge on any atom is 0.191 e. The average molecular weight is 421 g/mol. The van der Waals surface area contributed by atoms with Gasteiger partial charge in [0, 0.05) is 32.6 Å². The van der Waals surface area contributed by atoms with Crippen molar-refractivity contribution in [2.24, 2.45) is 4.99 Å². The van der Waals surface area contributed by atoms with Gasteiger partial charge in [0.2, 0.25) is 0 Å². The number of rotatable bonds is 10. The standard InChI is InChI=1S/C21H32N4O3S/c1-21(26,18-6-15-29-16-18)17-24-20(23-8-5-19-4-2-12-28-19)22-7-3-9-25-10-13-27-14-11-25/h2,4,6,12,15-16,26H,3,5,7-11,13-14,17H2,1H3,(H2,22,23,24). The molecule has 1 fully saturated rings. The summed E-state index contributed by atoms with van der Waals surface area (Å²) in [4.78, 5) is 7.06. The van der Waals surface area contributed by atoms with E-state index < -0.39 is 5.60 Å². The molecule has 1 saturated heterocycles. The lowest BCUT2D eigenvalue weighted by Gasteiger charge is -2.26. The molecule has 7 nitrogen and oxygen atoms in total. The molecule has 2 aromatic rings. The normalized spacial score (nSPS) is 17.8. The molecular weight excluding hydrogens is 388 g/mol. The Balaban J connectivity index is 1.48. The highest BCUT2D eigenvalue weighted by Crippen LogP contribution is 2.23. The van der Waals surface area contributed by atoms with E-state index in [1.807, 2.05) is 29.0 Å². The second-order valence-electron chi connectivity index (χ2n) is 7.44. The number of guanidine groups is 1. The molecule has 8 heteroatoms. The highest BCUT2D eigenvalue weighted by Gasteiger charge is 2.23. The van der Waals surface area contributed by atoms with Gasteiger partial charge in [-0.3, -0.25) is 4.90 Å². The molecule has 1 unspecified atom stereocenters. The van der Waals surface area contributed by atoms with Gasteiger partial charge in [-0.25, -0.2) is 4.99 Å². The van der Waals surface area contributed by atoms with Crippen LogP contribution in [0, 0.1) is 0 Å². The Hall–Kier alpha value is -1.87. The Bertz CT molecular complexity index is 710. The number of hydrogen-bond acceptors (Lipinski definition) is 6. The summed E-state index contributed by atoms with van der Waals surface area (Å²) in [5.41, 5.74) is -0.0860. The van der Waals surface area contributed by atoms with Crippen LogP contribution in [0.1, 0.15) is 24.7 Å². The summed E-state index contributed by atoms with van der Waals surface area (Å²) in [7, 11) is 0. The number of furan rings is 1. The van der Waals surface area contributed by atoms with Crippen LogP contribution in [-0.4, -0.2) is 68.4 Å². The molecule has 3 rings (SSSR count). The van der Waals surface area contributed by atoms with Crippen molar-refractivity contribution in [2.45, 2.75) is 25.4 Å². The second kappa shape index (κ2) is 11.3. The van der Waals surface area contributed by atoms with E-state index >= 15 is 0 Å². The summed E-state index contributed by atoms with van der Waals surface area (Å²) in [5.74, 6) is 1.66. The van der Waals surface area contributed by atoms with E-state index in [-0.39, 0.29) is 0 Å². The number of morpholine rings is 1. The van der Waals surface area contributed by atoms with E-state index in [0.29, 0.717) is 19.0 Å². The SMILES string of the molecule is CC(O)(CN=C(NCCCN1CCOCC1)NCCc1ccco1)c1ccsc1. The third kappa shape index (κ3) is 7.47. The van der Waals surface area contributed by atoms with Gasteiger partial charge in [0.1, 0.15) is 11.4 Å². The first kappa shape index (κ1) is 21.8. The summed E-state index contributed by atoms with van der Waals surface area (Å²) >= 11 is 1.58. The van der Waals surface area contributed by atoms with Crippen molar-refractivity contribution in [1.29, 1.82) is 0 Å². The molecular formula is C21H32N4O3S. The van der Waals surface area contributed by atoms with Crippen molar-refractivity contribution in [3.63, 3.8) is 0 Å². The summed E-state index contributed by atoms with van der Waals surface area (Å²) < 4.78 is 10.8. The van der Waals surface area contributed by atoms with E-state index in [1.54, 1.807) is 24.5 Å². The molecule has 1 aliphatic heterocycles. The number of nitrogens with one attached hydrogen (secondary N) is 2. The van der Waals surface area contributed by atoms with Gasteiger partial charge in [-0.05, 0) is 54.4 Å². The fourth-order valence-electron chi connectivity index (χ4n) is 3.16. The van der Waals surface area contributed by atoms with Crippen molar-refractivity contribution in [3.05, 3.63) is 46.5 Å². The van der Waals surface area contributed by atoms with Crippen LogP contribution in [0.5, 0.6) is 0 Å². The first-order valence-electron chi connectivity index (χ1n) is 10.2. The predicted octanol–water partition coefficient (Wildman–Crippen LogP) is 2.05. The third-order valence-electron chi connectivity index (χ3n) is 4.98. The molecule has 0 aliphatic carbocycles. The maximum atomic E-state index is 10.8. The zero-order chi connectivity index (χ0) is 20.4. The van der Waals surface area contributed by atoms with E-state index in [0.717, 1.165) is 63.6 Å². The minimum Gasteiger partial charge on any atom is -0.469 e. The lowest BCUT2D eigenvalue weighted by Crippen LogP contribution is -2.42. The van der Waals surface area contributed by atoms with Gasteiger partial charge >= 0.3 is 0 Å². The predicted molar refractivity (Wildman–Crippen MR) is 116 cm³/mol. The fraction of sp³-hybridized carbons (Fsp3) is 0.571. The van der Waals surface area contributed by atoms with Gasteiger partial charge in [0.25, 0.3) is 0 Å². The van der Waals surface area contributed by atoms with Gasteiger partial charge in [0.05, 0.1) is 26.0 Å². The van der Waals surface area contributed by atoms with Gasteiger partial charge in [-0.15, -0.1) is 0 Å². The molecule has 3 N–H and O–H groups in total. The Labute approximate surface area is 176 Å². The van der Waals surface area contributed by atoms with Crippen LogP contribution in [0.4, 0.5) is 0 Å². The third-order valence-corrected chi connectivity index (χ3v) is 5.66. The number of aliphatic imine (C=N–C) groups is 1. The van der Waals surface area contributed by atoms with Crippen molar-refractivity contribution >= 4 is 17.3 Å². The summed E-state index contributed by atoms with van der Waals surface area (Å²) in [6.45, 7) is 8.34. The second-order valence-corrected chi connectivity index (χ2v) is 8.22.